The summed E-state index contributed by atoms with van der Waals surface area (Å²) >= 11 is 3.36. The van der Waals surface area contributed by atoms with Gasteiger partial charge in [-0.2, -0.15) is 0 Å². The van der Waals surface area contributed by atoms with Gasteiger partial charge >= 0.3 is 0 Å². The Kier molecular flexibility index (Phi) is 4.53. The highest BCUT2D eigenvalue weighted by molar-refractivity contribution is 9.10. The van der Waals surface area contributed by atoms with Crippen LogP contribution in [0, 0.1) is 0 Å². The Morgan fingerprint density at radius 1 is 1.21 bits per heavy atom. The number of rotatable bonds is 3. The predicted octanol–water partition coefficient (Wildman–Crippen LogP) is 2.49. The van der Waals surface area contributed by atoms with Crippen molar-refractivity contribution in [3.05, 3.63) is 28.7 Å². The first-order valence-electron chi connectivity index (χ1n) is 6.40. The van der Waals surface area contributed by atoms with Crippen LogP contribution in [-0.4, -0.2) is 26.8 Å². The molecule has 0 amide bonds. The normalized spacial score (nSPS) is 24.2. The molecule has 0 spiro atoms. The molecule has 1 saturated carbocycles. The standard InChI is InChI=1S/C13H19BrN2O2S/c1-19(17,18)16(11-8-6-10(14)7-9-11)13-5-3-2-4-12(13)15/h6-9,12-13H,2-5,15H2,1H3. The van der Waals surface area contributed by atoms with Gasteiger partial charge in [-0.3, -0.25) is 4.31 Å². The minimum absolute atomic E-state index is 0.0906. The first kappa shape index (κ1) is 14.8. The zero-order chi connectivity index (χ0) is 14.0. The van der Waals surface area contributed by atoms with Gasteiger partial charge in [-0.05, 0) is 37.1 Å². The molecule has 2 atom stereocenters. The van der Waals surface area contributed by atoms with E-state index in [2.05, 4.69) is 15.9 Å². The van der Waals surface area contributed by atoms with Crippen LogP contribution in [0.2, 0.25) is 0 Å². The molecular formula is C13H19BrN2O2S. The predicted molar refractivity (Wildman–Crippen MR) is 81.7 cm³/mol. The largest absolute Gasteiger partial charge is 0.326 e. The van der Waals surface area contributed by atoms with Crippen molar-refractivity contribution in [2.45, 2.75) is 37.8 Å². The third kappa shape index (κ3) is 3.49. The summed E-state index contributed by atoms with van der Waals surface area (Å²) < 4.78 is 26.7. The van der Waals surface area contributed by atoms with Crippen molar-refractivity contribution in [3.63, 3.8) is 0 Å². The average molecular weight is 347 g/mol. The molecule has 106 valence electrons. The van der Waals surface area contributed by atoms with E-state index in [1.54, 1.807) is 0 Å². The second-order valence-electron chi connectivity index (χ2n) is 5.05. The van der Waals surface area contributed by atoms with Crippen LogP contribution in [0.5, 0.6) is 0 Å². The molecule has 2 rings (SSSR count). The lowest BCUT2D eigenvalue weighted by Crippen LogP contribution is -2.51. The Morgan fingerprint density at radius 2 is 1.79 bits per heavy atom. The Morgan fingerprint density at radius 3 is 2.32 bits per heavy atom. The summed E-state index contributed by atoms with van der Waals surface area (Å²) in [7, 11) is -3.33. The molecule has 1 aliphatic carbocycles. The zero-order valence-corrected chi connectivity index (χ0v) is 13.3. The van der Waals surface area contributed by atoms with E-state index in [9.17, 15) is 8.42 Å². The van der Waals surface area contributed by atoms with E-state index < -0.39 is 10.0 Å². The molecule has 0 saturated heterocycles. The molecule has 6 heteroatoms. The third-order valence-electron chi connectivity index (χ3n) is 3.52. The van der Waals surface area contributed by atoms with Gasteiger partial charge in [0.2, 0.25) is 10.0 Å². The van der Waals surface area contributed by atoms with Crippen molar-refractivity contribution >= 4 is 31.6 Å². The Balaban J connectivity index is 2.38. The summed E-state index contributed by atoms with van der Waals surface area (Å²) in [6, 6.07) is 7.10. The van der Waals surface area contributed by atoms with Crippen LogP contribution in [-0.2, 0) is 10.0 Å². The fourth-order valence-electron chi connectivity index (χ4n) is 2.65. The van der Waals surface area contributed by atoms with Crippen LogP contribution < -0.4 is 10.0 Å². The van der Waals surface area contributed by atoms with Gasteiger partial charge in [-0.25, -0.2) is 8.42 Å². The van der Waals surface area contributed by atoms with Gasteiger partial charge in [0.15, 0.2) is 0 Å². The van der Waals surface area contributed by atoms with Gasteiger partial charge in [-0.1, -0.05) is 28.8 Å². The van der Waals surface area contributed by atoms with Crippen LogP contribution in [0.15, 0.2) is 28.7 Å². The number of nitrogens with two attached hydrogens (primary N) is 1. The lowest BCUT2D eigenvalue weighted by molar-refractivity contribution is 0.384. The first-order valence-corrected chi connectivity index (χ1v) is 9.04. The maximum atomic E-state index is 12.1. The summed E-state index contributed by atoms with van der Waals surface area (Å²) in [6.45, 7) is 0. The molecule has 2 unspecified atom stereocenters. The van der Waals surface area contributed by atoms with Gasteiger partial charge in [0.1, 0.15) is 0 Å². The van der Waals surface area contributed by atoms with Crippen LogP contribution in [0.1, 0.15) is 25.7 Å². The smallest absolute Gasteiger partial charge is 0.232 e. The van der Waals surface area contributed by atoms with Crippen LogP contribution in [0.25, 0.3) is 0 Å². The van der Waals surface area contributed by atoms with Gasteiger partial charge in [-0.15, -0.1) is 0 Å². The van der Waals surface area contributed by atoms with Crippen molar-refractivity contribution in [2.75, 3.05) is 10.6 Å². The lowest BCUT2D eigenvalue weighted by atomic mass is 9.91. The number of anilines is 1. The molecule has 0 aliphatic heterocycles. The van der Waals surface area contributed by atoms with E-state index in [1.807, 2.05) is 24.3 Å². The quantitative estimate of drug-likeness (QED) is 0.914. The van der Waals surface area contributed by atoms with Gasteiger partial charge in [0, 0.05) is 10.5 Å². The number of benzene rings is 1. The number of halogens is 1. The van der Waals surface area contributed by atoms with Gasteiger partial charge in [0.05, 0.1) is 18.0 Å². The third-order valence-corrected chi connectivity index (χ3v) is 5.25. The topological polar surface area (TPSA) is 63.4 Å². The molecule has 1 aromatic carbocycles. The van der Waals surface area contributed by atoms with Gasteiger partial charge in [0.25, 0.3) is 0 Å². The average Bonchev–Trinajstić information content (AvgIpc) is 2.33. The second-order valence-corrected chi connectivity index (χ2v) is 7.83. The van der Waals surface area contributed by atoms with Crippen molar-refractivity contribution < 1.29 is 8.42 Å². The monoisotopic (exact) mass is 346 g/mol. The van der Waals surface area contributed by atoms with Crippen LogP contribution in [0.3, 0.4) is 0 Å². The van der Waals surface area contributed by atoms with Gasteiger partial charge < -0.3 is 5.73 Å². The molecule has 0 radical (unpaired) electrons. The number of nitrogens with zero attached hydrogens (tertiary/aromatic N) is 1. The van der Waals surface area contributed by atoms with Crippen molar-refractivity contribution in [2.24, 2.45) is 5.73 Å². The summed E-state index contributed by atoms with van der Waals surface area (Å²) in [4.78, 5) is 0. The van der Waals surface area contributed by atoms with E-state index in [-0.39, 0.29) is 12.1 Å². The van der Waals surface area contributed by atoms with E-state index in [0.29, 0.717) is 5.69 Å². The number of hydrogen-bond acceptors (Lipinski definition) is 3. The highest BCUT2D eigenvalue weighted by Gasteiger charge is 2.33. The number of sulfonamides is 1. The summed E-state index contributed by atoms with van der Waals surface area (Å²) in [5.41, 5.74) is 6.82. The van der Waals surface area contributed by atoms with E-state index in [4.69, 9.17) is 5.73 Å². The molecule has 19 heavy (non-hydrogen) atoms. The lowest BCUT2D eigenvalue weighted by Gasteiger charge is -2.38. The minimum atomic E-state index is -3.33. The molecule has 0 bridgehead atoms. The highest BCUT2D eigenvalue weighted by atomic mass is 79.9. The molecule has 1 fully saturated rings. The first-order chi connectivity index (χ1) is 8.89. The van der Waals surface area contributed by atoms with Crippen molar-refractivity contribution in [1.82, 2.24) is 0 Å². The Hall–Kier alpha value is -0.590. The maximum absolute atomic E-state index is 12.1. The Bertz CT molecular complexity index is 530. The molecule has 1 aliphatic rings. The maximum Gasteiger partial charge on any atom is 0.232 e. The molecule has 4 nitrogen and oxygen atoms in total. The fraction of sp³-hybridized carbons (Fsp3) is 0.538. The SMILES string of the molecule is CS(=O)(=O)N(c1ccc(Br)cc1)C1CCCCC1N. The summed E-state index contributed by atoms with van der Waals surface area (Å²) in [5.74, 6) is 0. The second kappa shape index (κ2) is 5.81. The highest BCUT2D eigenvalue weighted by Crippen LogP contribution is 2.29. The van der Waals surface area contributed by atoms with Crippen molar-refractivity contribution in [1.29, 1.82) is 0 Å². The minimum Gasteiger partial charge on any atom is -0.326 e. The fourth-order valence-corrected chi connectivity index (χ4v) is 4.17. The Labute approximate surface area is 123 Å². The van der Waals surface area contributed by atoms with Crippen LogP contribution >= 0.6 is 15.9 Å². The summed E-state index contributed by atoms with van der Waals surface area (Å²) in [6.07, 6.45) is 5.06. The summed E-state index contributed by atoms with van der Waals surface area (Å²) in [5, 5.41) is 0. The van der Waals surface area contributed by atoms with Crippen LogP contribution in [0.4, 0.5) is 5.69 Å². The molecular weight excluding hydrogens is 328 g/mol. The molecule has 2 N–H and O–H groups in total. The zero-order valence-electron chi connectivity index (χ0n) is 10.9. The molecule has 0 aromatic heterocycles. The molecule has 1 aromatic rings. The molecule has 0 heterocycles. The van der Waals surface area contributed by atoms with Crippen molar-refractivity contribution in [3.8, 4) is 0 Å². The van der Waals surface area contributed by atoms with E-state index in [1.165, 1.54) is 10.6 Å². The van der Waals surface area contributed by atoms with E-state index in [0.717, 1.165) is 30.2 Å². The number of hydrogen-bond donors (Lipinski definition) is 1. The van der Waals surface area contributed by atoms with E-state index >= 15 is 0 Å².